The Kier molecular flexibility index (Phi) is 2.98. The van der Waals surface area contributed by atoms with Gasteiger partial charge in [0.15, 0.2) is 0 Å². The van der Waals surface area contributed by atoms with Crippen LogP contribution in [0.3, 0.4) is 0 Å². The van der Waals surface area contributed by atoms with E-state index < -0.39 is 0 Å². The first-order valence-corrected chi connectivity index (χ1v) is 6.42. The fourth-order valence-electron chi connectivity index (χ4n) is 2.49. The van der Waals surface area contributed by atoms with Gasteiger partial charge in [-0.05, 0) is 17.7 Å². The van der Waals surface area contributed by atoms with Crippen LogP contribution in [0.5, 0.6) is 0 Å². The van der Waals surface area contributed by atoms with Gasteiger partial charge < -0.3 is 14.6 Å². The third-order valence-electron chi connectivity index (χ3n) is 3.82. The first-order valence-electron chi connectivity index (χ1n) is 6.42. The number of nitrogens with zero attached hydrogens (tertiary/aromatic N) is 3. The van der Waals surface area contributed by atoms with Crippen LogP contribution < -0.4 is 5.32 Å². The molecule has 5 nitrogen and oxygen atoms in total. The molecule has 0 aliphatic carbocycles. The minimum absolute atomic E-state index is 0.0354. The molecule has 0 radical (unpaired) electrons. The van der Waals surface area contributed by atoms with Gasteiger partial charge in [-0.2, -0.15) is 0 Å². The molecule has 1 aliphatic heterocycles. The predicted molar refractivity (Wildman–Crippen MR) is 73.2 cm³/mol. The van der Waals surface area contributed by atoms with Crippen LogP contribution in [0, 0.1) is 0 Å². The summed E-state index contributed by atoms with van der Waals surface area (Å²) in [5.41, 5.74) is 2.46. The predicted octanol–water partition coefficient (Wildman–Crippen LogP) is 1.37. The molecule has 100 valence electrons. The van der Waals surface area contributed by atoms with Crippen molar-refractivity contribution in [3.8, 4) is 0 Å². The molecule has 1 aromatic heterocycles. The molecular formula is C14H18N4O. The summed E-state index contributed by atoms with van der Waals surface area (Å²) < 4.78 is 7.45. The van der Waals surface area contributed by atoms with E-state index in [4.69, 9.17) is 4.74 Å². The fourth-order valence-corrected chi connectivity index (χ4v) is 2.49. The molecule has 5 heteroatoms. The van der Waals surface area contributed by atoms with Crippen molar-refractivity contribution in [2.24, 2.45) is 7.05 Å². The largest absolute Gasteiger partial charge is 0.388 e. The van der Waals surface area contributed by atoms with Gasteiger partial charge in [-0.25, -0.2) is 0 Å². The van der Waals surface area contributed by atoms with Crippen LogP contribution in [-0.2, 0) is 23.6 Å². The Balaban J connectivity index is 1.92. The Morgan fingerprint density at radius 2 is 2.26 bits per heavy atom. The minimum Gasteiger partial charge on any atom is -0.388 e. The number of hydrogen-bond donors (Lipinski definition) is 1. The molecule has 0 unspecified atom stereocenters. The molecule has 1 saturated heterocycles. The summed E-state index contributed by atoms with van der Waals surface area (Å²) in [7, 11) is 3.91. The van der Waals surface area contributed by atoms with Crippen LogP contribution in [0.15, 0.2) is 30.6 Å². The molecule has 1 aromatic carbocycles. The molecule has 1 fully saturated rings. The molecule has 1 N–H and O–H groups in total. The summed E-state index contributed by atoms with van der Waals surface area (Å²) in [5, 5.41) is 11.3. The lowest BCUT2D eigenvalue weighted by Crippen LogP contribution is -2.49. The van der Waals surface area contributed by atoms with Gasteiger partial charge in [0, 0.05) is 31.6 Å². The van der Waals surface area contributed by atoms with E-state index in [1.165, 1.54) is 5.56 Å². The second-order valence-corrected chi connectivity index (χ2v) is 5.14. The van der Waals surface area contributed by atoms with Gasteiger partial charge in [0.25, 0.3) is 0 Å². The van der Waals surface area contributed by atoms with Crippen LogP contribution in [0.1, 0.15) is 11.4 Å². The molecule has 1 aliphatic rings. The third kappa shape index (κ3) is 2.10. The van der Waals surface area contributed by atoms with Crippen LogP contribution in [0.4, 0.5) is 5.69 Å². The number of aryl methyl sites for hydroxylation is 1. The van der Waals surface area contributed by atoms with Crippen molar-refractivity contribution in [3.63, 3.8) is 0 Å². The molecule has 3 rings (SSSR count). The van der Waals surface area contributed by atoms with E-state index in [9.17, 15) is 0 Å². The lowest BCUT2D eigenvalue weighted by Gasteiger charge is -2.41. The molecule has 19 heavy (non-hydrogen) atoms. The first-order chi connectivity index (χ1) is 9.23. The molecule has 0 bridgehead atoms. The summed E-state index contributed by atoms with van der Waals surface area (Å²) in [6, 6.07) is 8.51. The van der Waals surface area contributed by atoms with Crippen LogP contribution in [-0.4, -0.2) is 35.0 Å². The molecule has 0 atom stereocenters. The number of aromatic nitrogens is 3. The van der Waals surface area contributed by atoms with Crippen molar-refractivity contribution in [3.05, 3.63) is 42.0 Å². The normalized spacial score (nSPS) is 16.9. The van der Waals surface area contributed by atoms with Crippen molar-refractivity contribution < 1.29 is 4.74 Å². The highest BCUT2D eigenvalue weighted by molar-refractivity contribution is 5.48. The zero-order valence-corrected chi connectivity index (χ0v) is 11.3. The van der Waals surface area contributed by atoms with Crippen molar-refractivity contribution in [2.75, 3.05) is 25.6 Å². The maximum atomic E-state index is 5.48. The molecule has 0 spiro atoms. The SMILES string of the molecule is CNc1cccc(C2(Cc3nncn3C)COC2)c1. The van der Waals surface area contributed by atoms with Crippen LogP contribution in [0.2, 0.25) is 0 Å². The van der Waals surface area contributed by atoms with Crippen LogP contribution >= 0.6 is 0 Å². The smallest absolute Gasteiger partial charge is 0.133 e. The Labute approximate surface area is 112 Å². The van der Waals surface area contributed by atoms with Gasteiger partial charge in [-0.1, -0.05) is 12.1 Å². The quantitative estimate of drug-likeness (QED) is 0.900. The summed E-state index contributed by atoms with van der Waals surface area (Å²) in [6.07, 6.45) is 2.60. The van der Waals surface area contributed by atoms with Gasteiger partial charge in [-0.3, -0.25) is 0 Å². The average molecular weight is 258 g/mol. The first kappa shape index (κ1) is 12.2. The minimum atomic E-state index is 0.0354. The van der Waals surface area contributed by atoms with Gasteiger partial charge in [-0.15, -0.1) is 10.2 Å². The summed E-state index contributed by atoms with van der Waals surface area (Å²) in [6.45, 7) is 1.49. The van der Waals surface area contributed by atoms with Crippen molar-refractivity contribution >= 4 is 5.69 Å². The number of hydrogen-bond acceptors (Lipinski definition) is 4. The second-order valence-electron chi connectivity index (χ2n) is 5.14. The van der Waals surface area contributed by atoms with E-state index in [0.717, 1.165) is 31.1 Å². The summed E-state index contributed by atoms with van der Waals surface area (Å²) in [4.78, 5) is 0. The zero-order chi connectivity index (χ0) is 13.3. The van der Waals surface area contributed by atoms with E-state index in [0.29, 0.717) is 0 Å². The number of rotatable bonds is 4. The van der Waals surface area contributed by atoms with Crippen LogP contribution in [0.25, 0.3) is 0 Å². The van der Waals surface area contributed by atoms with E-state index in [2.05, 4.69) is 39.8 Å². The number of anilines is 1. The highest BCUT2D eigenvalue weighted by Gasteiger charge is 2.41. The molecular weight excluding hydrogens is 240 g/mol. The Hall–Kier alpha value is -1.88. The molecule has 2 aromatic rings. The van der Waals surface area contributed by atoms with Gasteiger partial charge in [0.1, 0.15) is 12.2 Å². The van der Waals surface area contributed by atoms with E-state index >= 15 is 0 Å². The third-order valence-corrected chi connectivity index (χ3v) is 3.82. The van der Waals surface area contributed by atoms with Gasteiger partial charge in [0.05, 0.1) is 13.2 Å². The molecule has 0 saturated carbocycles. The topological polar surface area (TPSA) is 52.0 Å². The van der Waals surface area contributed by atoms with Crippen molar-refractivity contribution in [1.82, 2.24) is 14.8 Å². The lowest BCUT2D eigenvalue weighted by atomic mass is 9.75. The lowest BCUT2D eigenvalue weighted by molar-refractivity contribution is -0.0610. The van der Waals surface area contributed by atoms with Crippen molar-refractivity contribution in [1.29, 1.82) is 0 Å². The van der Waals surface area contributed by atoms with Gasteiger partial charge >= 0.3 is 0 Å². The van der Waals surface area contributed by atoms with E-state index in [1.54, 1.807) is 6.33 Å². The Bertz CT molecular complexity index is 574. The number of nitrogens with one attached hydrogen (secondary N) is 1. The monoisotopic (exact) mass is 258 g/mol. The van der Waals surface area contributed by atoms with Crippen molar-refractivity contribution in [2.45, 2.75) is 11.8 Å². The summed E-state index contributed by atoms with van der Waals surface area (Å²) >= 11 is 0. The Morgan fingerprint density at radius 1 is 1.42 bits per heavy atom. The highest BCUT2D eigenvalue weighted by atomic mass is 16.5. The maximum absolute atomic E-state index is 5.48. The van der Waals surface area contributed by atoms with E-state index in [1.807, 2.05) is 18.7 Å². The average Bonchev–Trinajstić information content (AvgIpc) is 2.79. The standard InChI is InChI=1S/C14H18N4O/c1-15-12-5-3-4-11(6-12)14(8-19-9-14)7-13-17-16-10-18(13)2/h3-6,10,15H,7-9H2,1-2H3. The maximum Gasteiger partial charge on any atom is 0.133 e. The zero-order valence-electron chi connectivity index (χ0n) is 11.3. The summed E-state index contributed by atoms with van der Waals surface area (Å²) in [5.74, 6) is 0.998. The highest BCUT2D eigenvalue weighted by Crippen LogP contribution is 2.36. The molecule has 0 amide bonds. The molecule has 2 heterocycles. The number of benzene rings is 1. The number of ether oxygens (including phenoxy) is 1. The van der Waals surface area contributed by atoms with E-state index in [-0.39, 0.29) is 5.41 Å². The second kappa shape index (κ2) is 4.66. The Morgan fingerprint density at radius 3 is 2.84 bits per heavy atom. The fraction of sp³-hybridized carbons (Fsp3) is 0.429. The van der Waals surface area contributed by atoms with Gasteiger partial charge in [0.2, 0.25) is 0 Å².